The summed E-state index contributed by atoms with van der Waals surface area (Å²) in [5, 5.41) is 2.99. The van der Waals surface area contributed by atoms with Crippen LogP contribution in [-0.4, -0.2) is 23.4 Å². The Morgan fingerprint density at radius 3 is 3.38 bits per heavy atom. The number of hydrogen-bond acceptors (Lipinski definition) is 4. The quantitative estimate of drug-likeness (QED) is 0.568. The number of carbonyl (C=O) groups is 1. The van der Waals surface area contributed by atoms with Crippen LogP contribution in [0.15, 0.2) is 24.5 Å². The number of primary amides is 1. The molecule has 0 aromatic rings. The third-order valence-corrected chi connectivity index (χ3v) is 2.13. The summed E-state index contributed by atoms with van der Waals surface area (Å²) < 4.78 is 4.97. The number of nitrogens with two attached hydrogens (primary N) is 1. The zero-order chi connectivity index (χ0) is 9.26. The second-order valence-electron chi connectivity index (χ2n) is 3.01. The number of ether oxygens (including phenoxy) is 1. The molecule has 0 aromatic carbocycles. The number of fused-ring (bicyclic) bond motifs is 1. The van der Waals surface area contributed by atoms with Crippen LogP contribution in [0, 0.1) is 0 Å². The summed E-state index contributed by atoms with van der Waals surface area (Å²) in [5.74, 6) is 0.465. The number of nitrogens with zero attached hydrogens (tertiary/aromatic N) is 1. The Morgan fingerprint density at radius 2 is 2.62 bits per heavy atom. The molecule has 5 nitrogen and oxygen atoms in total. The van der Waals surface area contributed by atoms with E-state index in [1.165, 1.54) is 0 Å². The van der Waals surface area contributed by atoms with Crippen molar-refractivity contribution < 1.29 is 9.53 Å². The van der Waals surface area contributed by atoms with Crippen LogP contribution in [0.1, 0.15) is 6.42 Å². The van der Waals surface area contributed by atoms with Crippen LogP contribution in [0.25, 0.3) is 0 Å². The molecule has 1 amide bonds. The molecule has 70 valence electrons. The van der Waals surface area contributed by atoms with Crippen molar-refractivity contribution in [3.05, 3.63) is 24.5 Å². The van der Waals surface area contributed by atoms with E-state index in [0.29, 0.717) is 0 Å². The number of hydrogen-bond donors (Lipinski definition) is 2. The van der Waals surface area contributed by atoms with Crippen molar-refractivity contribution in [3.63, 3.8) is 0 Å². The standard InChI is InChI=1S/C8H11N3O2/c9-8(12)6-1-2-11-3-4-13-5-7(11)10-6/h3-6,10H,1-2H2,(H2,9,12). The largest absolute Gasteiger partial charge is 0.467 e. The fraction of sp³-hybridized carbons (Fsp3) is 0.375. The average Bonchev–Trinajstić information content (AvgIpc) is 2.17. The van der Waals surface area contributed by atoms with Crippen LogP contribution in [-0.2, 0) is 9.53 Å². The summed E-state index contributed by atoms with van der Waals surface area (Å²) in [5.41, 5.74) is 5.18. The molecular formula is C8H11N3O2. The van der Waals surface area contributed by atoms with Gasteiger partial charge in [0.2, 0.25) is 5.91 Å². The topological polar surface area (TPSA) is 67.6 Å². The summed E-state index contributed by atoms with van der Waals surface area (Å²) in [6.45, 7) is 0.784. The molecule has 0 radical (unpaired) electrons. The summed E-state index contributed by atoms with van der Waals surface area (Å²) in [4.78, 5) is 12.9. The van der Waals surface area contributed by atoms with Crippen LogP contribution in [0.4, 0.5) is 0 Å². The van der Waals surface area contributed by atoms with Gasteiger partial charge >= 0.3 is 0 Å². The van der Waals surface area contributed by atoms with E-state index in [2.05, 4.69) is 5.32 Å². The molecule has 1 fully saturated rings. The highest BCUT2D eigenvalue weighted by Gasteiger charge is 2.25. The predicted molar refractivity (Wildman–Crippen MR) is 45.7 cm³/mol. The highest BCUT2D eigenvalue weighted by Crippen LogP contribution is 2.15. The van der Waals surface area contributed by atoms with E-state index >= 15 is 0 Å². The molecule has 0 bridgehead atoms. The SMILES string of the molecule is NC(=O)C1CCN2C=COC=C2N1. The van der Waals surface area contributed by atoms with Gasteiger partial charge in [-0.15, -0.1) is 0 Å². The van der Waals surface area contributed by atoms with E-state index in [-0.39, 0.29) is 11.9 Å². The lowest BCUT2D eigenvalue weighted by atomic mass is 10.1. The molecule has 1 atom stereocenters. The first kappa shape index (κ1) is 7.97. The van der Waals surface area contributed by atoms with Crippen LogP contribution in [0.5, 0.6) is 0 Å². The third-order valence-electron chi connectivity index (χ3n) is 2.13. The summed E-state index contributed by atoms with van der Waals surface area (Å²) >= 11 is 0. The molecular weight excluding hydrogens is 170 g/mol. The molecule has 0 aliphatic carbocycles. The molecule has 2 aliphatic rings. The van der Waals surface area contributed by atoms with Crippen molar-refractivity contribution in [1.29, 1.82) is 0 Å². The Hall–Kier alpha value is -1.65. The van der Waals surface area contributed by atoms with Gasteiger partial charge in [0.25, 0.3) is 0 Å². The molecule has 1 saturated heterocycles. The van der Waals surface area contributed by atoms with Gasteiger partial charge in [-0.2, -0.15) is 0 Å². The van der Waals surface area contributed by atoms with Gasteiger partial charge in [0, 0.05) is 12.7 Å². The second-order valence-corrected chi connectivity index (χ2v) is 3.01. The van der Waals surface area contributed by atoms with E-state index < -0.39 is 0 Å². The molecule has 13 heavy (non-hydrogen) atoms. The van der Waals surface area contributed by atoms with Crippen molar-refractivity contribution >= 4 is 5.91 Å². The highest BCUT2D eigenvalue weighted by atomic mass is 16.5. The fourth-order valence-corrected chi connectivity index (χ4v) is 1.40. The van der Waals surface area contributed by atoms with E-state index in [4.69, 9.17) is 10.5 Å². The number of amides is 1. The Balaban J connectivity index is 2.08. The lowest BCUT2D eigenvalue weighted by molar-refractivity contribution is -0.120. The molecule has 0 aromatic heterocycles. The zero-order valence-electron chi connectivity index (χ0n) is 7.06. The van der Waals surface area contributed by atoms with E-state index in [9.17, 15) is 4.79 Å². The smallest absolute Gasteiger partial charge is 0.240 e. The van der Waals surface area contributed by atoms with Crippen LogP contribution in [0.2, 0.25) is 0 Å². The second kappa shape index (κ2) is 3.01. The third kappa shape index (κ3) is 1.44. The van der Waals surface area contributed by atoms with Gasteiger partial charge in [-0.05, 0) is 6.42 Å². The molecule has 3 N–H and O–H groups in total. The van der Waals surface area contributed by atoms with E-state index in [1.54, 1.807) is 12.5 Å². The fourth-order valence-electron chi connectivity index (χ4n) is 1.40. The number of nitrogens with one attached hydrogen (secondary N) is 1. The maximum Gasteiger partial charge on any atom is 0.240 e. The van der Waals surface area contributed by atoms with Crippen molar-refractivity contribution in [3.8, 4) is 0 Å². The number of carbonyl (C=O) groups excluding carboxylic acids is 1. The van der Waals surface area contributed by atoms with Crippen molar-refractivity contribution in [2.45, 2.75) is 12.5 Å². The monoisotopic (exact) mass is 181 g/mol. The molecule has 0 spiro atoms. The lowest BCUT2D eigenvalue weighted by Gasteiger charge is -2.34. The first-order chi connectivity index (χ1) is 6.27. The minimum absolute atomic E-state index is 0.280. The Kier molecular flexibility index (Phi) is 1.84. The Bertz CT molecular complexity index is 285. The first-order valence-electron chi connectivity index (χ1n) is 4.12. The van der Waals surface area contributed by atoms with Gasteiger partial charge < -0.3 is 20.7 Å². The highest BCUT2D eigenvalue weighted by molar-refractivity contribution is 5.80. The van der Waals surface area contributed by atoms with Crippen LogP contribution < -0.4 is 11.1 Å². The summed E-state index contributed by atoms with van der Waals surface area (Å²) in [6.07, 6.45) is 5.70. The first-order valence-corrected chi connectivity index (χ1v) is 4.12. The van der Waals surface area contributed by atoms with Crippen LogP contribution >= 0.6 is 0 Å². The lowest BCUT2D eigenvalue weighted by Crippen LogP contribution is -2.50. The summed E-state index contributed by atoms with van der Waals surface area (Å²) in [6, 6.07) is -0.280. The molecule has 2 aliphatic heterocycles. The Labute approximate surface area is 75.8 Å². The normalized spacial score (nSPS) is 25.4. The molecule has 2 heterocycles. The molecule has 1 unspecified atom stereocenters. The van der Waals surface area contributed by atoms with Crippen molar-refractivity contribution in [1.82, 2.24) is 10.2 Å². The van der Waals surface area contributed by atoms with Gasteiger partial charge in [0.15, 0.2) is 0 Å². The molecule has 2 rings (SSSR count). The van der Waals surface area contributed by atoms with Gasteiger partial charge in [0.05, 0.1) is 0 Å². The zero-order valence-corrected chi connectivity index (χ0v) is 7.06. The number of rotatable bonds is 1. The van der Waals surface area contributed by atoms with E-state index in [1.807, 2.05) is 11.1 Å². The van der Waals surface area contributed by atoms with Gasteiger partial charge in [-0.25, -0.2) is 0 Å². The minimum atomic E-state index is -0.324. The van der Waals surface area contributed by atoms with Crippen LogP contribution in [0.3, 0.4) is 0 Å². The van der Waals surface area contributed by atoms with Crippen molar-refractivity contribution in [2.24, 2.45) is 5.73 Å². The van der Waals surface area contributed by atoms with Gasteiger partial charge in [-0.3, -0.25) is 4.79 Å². The van der Waals surface area contributed by atoms with E-state index in [0.717, 1.165) is 18.8 Å². The maximum absolute atomic E-state index is 10.9. The predicted octanol–water partition coefficient (Wildman–Crippen LogP) is -0.564. The minimum Gasteiger partial charge on any atom is -0.467 e. The Morgan fingerprint density at radius 1 is 1.77 bits per heavy atom. The molecule has 5 heteroatoms. The average molecular weight is 181 g/mol. The maximum atomic E-state index is 10.9. The van der Waals surface area contributed by atoms with Gasteiger partial charge in [-0.1, -0.05) is 0 Å². The van der Waals surface area contributed by atoms with Gasteiger partial charge in [0.1, 0.15) is 24.4 Å². The van der Waals surface area contributed by atoms with Crippen molar-refractivity contribution in [2.75, 3.05) is 6.54 Å². The molecule has 0 saturated carbocycles. The summed E-state index contributed by atoms with van der Waals surface area (Å²) in [7, 11) is 0.